The van der Waals surface area contributed by atoms with Gasteiger partial charge in [0.05, 0.1) is 18.3 Å². The van der Waals surface area contributed by atoms with E-state index >= 15 is 0 Å². The highest BCUT2D eigenvalue weighted by Crippen LogP contribution is 2.28. The number of hydrogen-bond acceptors (Lipinski definition) is 5. The van der Waals surface area contributed by atoms with E-state index < -0.39 is 10.0 Å². The first-order valence-electron chi connectivity index (χ1n) is 8.06. The molecule has 0 aromatic carbocycles. The number of pyridine rings is 1. The summed E-state index contributed by atoms with van der Waals surface area (Å²) in [5.41, 5.74) is 2.01. The van der Waals surface area contributed by atoms with E-state index in [0.29, 0.717) is 0 Å². The Bertz CT molecular complexity index is 863. The predicted octanol–water partition coefficient (Wildman–Crippen LogP) is 0.629. The molecule has 0 saturated carbocycles. The lowest BCUT2D eigenvalue weighted by atomic mass is 9.93. The Morgan fingerprint density at radius 3 is 3.00 bits per heavy atom. The summed E-state index contributed by atoms with van der Waals surface area (Å²) < 4.78 is 27.7. The van der Waals surface area contributed by atoms with Crippen LogP contribution in [0.2, 0.25) is 0 Å². The van der Waals surface area contributed by atoms with Crippen molar-refractivity contribution in [2.24, 2.45) is 7.05 Å². The number of carbonyl (C=O) groups is 1. The summed E-state index contributed by atoms with van der Waals surface area (Å²) in [5.74, 6) is -0.336. The van der Waals surface area contributed by atoms with Crippen LogP contribution in [0.15, 0.2) is 35.6 Å². The molecule has 0 unspecified atom stereocenters. The molecule has 1 aliphatic rings. The smallest absolute Gasteiger partial charge is 0.244 e. The fourth-order valence-corrected chi connectivity index (χ4v) is 4.12. The number of nitrogens with zero attached hydrogens (tertiary/aromatic N) is 4. The number of carbonyl (C=O) groups excluding carboxylic acids is 1. The quantitative estimate of drug-likeness (QED) is 0.840. The van der Waals surface area contributed by atoms with Crippen LogP contribution in [0.25, 0.3) is 0 Å². The fraction of sp³-hybridized carbons (Fsp3) is 0.438. The van der Waals surface area contributed by atoms with Crippen LogP contribution in [0.5, 0.6) is 0 Å². The molecule has 2 aromatic heterocycles. The fourth-order valence-electron chi connectivity index (χ4n) is 3.02. The molecule has 8 nitrogen and oxygen atoms in total. The van der Waals surface area contributed by atoms with Crippen LogP contribution in [-0.2, 0) is 28.3 Å². The topological polar surface area (TPSA) is 97.2 Å². The van der Waals surface area contributed by atoms with Crippen molar-refractivity contribution < 1.29 is 13.2 Å². The number of fused-ring (bicyclic) bond motifs is 1. The minimum absolute atomic E-state index is 0.0671. The van der Waals surface area contributed by atoms with Gasteiger partial charge in [0.1, 0.15) is 4.90 Å². The van der Waals surface area contributed by atoms with Crippen molar-refractivity contribution in [3.05, 3.63) is 42.0 Å². The van der Waals surface area contributed by atoms with E-state index in [9.17, 15) is 13.2 Å². The number of sulfonamides is 1. The van der Waals surface area contributed by atoms with Crippen molar-refractivity contribution >= 4 is 15.9 Å². The summed E-state index contributed by atoms with van der Waals surface area (Å²) in [6, 6.07) is 2.88. The first-order chi connectivity index (χ1) is 11.9. The molecular formula is C16H21N5O3S. The molecule has 0 radical (unpaired) electrons. The van der Waals surface area contributed by atoms with E-state index in [4.69, 9.17) is 0 Å². The Morgan fingerprint density at radius 1 is 1.48 bits per heavy atom. The summed E-state index contributed by atoms with van der Waals surface area (Å²) in [7, 11) is -0.498. The second kappa shape index (κ2) is 6.93. The van der Waals surface area contributed by atoms with Gasteiger partial charge in [-0.1, -0.05) is 0 Å². The number of aryl methyl sites for hydroxylation is 2. The minimum Gasteiger partial charge on any atom is -0.348 e. The average molecular weight is 363 g/mol. The monoisotopic (exact) mass is 363 g/mol. The molecular weight excluding hydrogens is 342 g/mol. The zero-order valence-electron chi connectivity index (χ0n) is 14.2. The zero-order chi connectivity index (χ0) is 18.0. The van der Waals surface area contributed by atoms with Gasteiger partial charge in [0.2, 0.25) is 15.9 Å². The van der Waals surface area contributed by atoms with Gasteiger partial charge in [-0.3, -0.25) is 14.5 Å². The van der Waals surface area contributed by atoms with E-state index in [1.807, 2.05) is 13.2 Å². The SMILES string of the molecule is CN(CC(=O)N[C@@H]1CCCc2nn(C)cc21)S(=O)(=O)c1cccnc1. The van der Waals surface area contributed by atoms with E-state index in [-0.39, 0.29) is 23.4 Å². The number of amides is 1. The Balaban J connectivity index is 1.67. The Kier molecular flexibility index (Phi) is 4.87. The number of nitrogens with one attached hydrogen (secondary N) is 1. The van der Waals surface area contributed by atoms with Gasteiger partial charge < -0.3 is 5.32 Å². The molecule has 0 fully saturated rings. The van der Waals surface area contributed by atoms with E-state index in [1.54, 1.807) is 10.7 Å². The third-order valence-corrected chi connectivity index (χ3v) is 6.05. The van der Waals surface area contributed by atoms with E-state index in [0.717, 1.165) is 34.8 Å². The van der Waals surface area contributed by atoms with Crippen LogP contribution in [-0.4, -0.2) is 47.0 Å². The molecule has 3 rings (SSSR count). The van der Waals surface area contributed by atoms with Crippen LogP contribution in [0.3, 0.4) is 0 Å². The maximum Gasteiger partial charge on any atom is 0.244 e. The second-order valence-corrected chi connectivity index (χ2v) is 8.21. The van der Waals surface area contributed by atoms with Crippen LogP contribution < -0.4 is 5.32 Å². The third-order valence-electron chi connectivity index (χ3n) is 4.26. The molecule has 1 aliphatic carbocycles. The molecule has 0 aliphatic heterocycles. The Labute approximate surface area is 146 Å². The lowest BCUT2D eigenvalue weighted by Gasteiger charge is -2.24. The standard InChI is InChI=1S/C16H21N5O3S/c1-20-10-13-14(6-3-7-15(13)19-20)18-16(22)11-21(2)25(23,24)12-5-4-8-17-9-12/h4-5,8-10,14H,3,6-7,11H2,1-2H3,(H,18,22)/t14-/m1/s1. The van der Waals surface area contributed by atoms with Gasteiger partial charge in [-0.25, -0.2) is 8.42 Å². The summed E-state index contributed by atoms with van der Waals surface area (Å²) >= 11 is 0. The molecule has 1 N–H and O–H groups in total. The minimum atomic E-state index is -3.74. The lowest BCUT2D eigenvalue weighted by molar-refractivity contribution is -0.122. The summed E-state index contributed by atoms with van der Waals surface area (Å²) in [6.07, 6.45) is 7.35. The highest BCUT2D eigenvalue weighted by molar-refractivity contribution is 7.89. The van der Waals surface area contributed by atoms with Crippen molar-refractivity contribution in [2.45, 2.75) is 30.2 Å². The molecule has 134 valence electrons. The van der Waals surface area contributed by atoms with Gasteiger partial charge in [0.25, 0.3) is 0 Å². The first kappa shape index (κ1) is 17.6. The summed E-state index contributed by atoms with van der Waals surface area (Å²) in [4.78, 5) is 16.2. The highest BCUT2D eigenvalue weighted by Gasteiger charge is 2.27. The van der Waals surface area contributed by atoms with Crippen LogP contribution in [0, 0.1) is 0 Å². The number of rotatable bonds is 5. The summed E-state index contributed by atoms with van der Waals surface area (Å²) in [6.45, 7) is -0.247. The zero-order valence-corrected chi connectivity index (χ0v) is 15.0. The highest BCUT2D eigenvalue weighted by atomic mass is 32.2. The number of aromatic nitrogens is 3. The second-order valence-electron chi connectivity index (χ2n) is 6.17. The van der Waals surface area contributed by atoms with Crippen molar-refractivity contribution in [3.63, 3.8) is 0 Å². The maximum atomic E-state index is 12.5. The third kappa shape index (κ3) is 3.72. The van der Waals surface area contributed by atoms with Crippen LogP contribution >= 0.6 is 0 Å². The molecule has 0 saturated heterocycles. The maximum absolute atomic E-state index is 12.5. The first-order valence-corrected chi connectivity index (χ1v) is 9.50. The van der Waals surface area contributed by atoms with Gasteiger partial charge in [-0.2, -0.15) is 9.40 Å². The molecule has 1 atom stereocenters. The largest absolute Gasteiger partial charge is 0.348 e. The van der Waals surface area contributed by atoms with Gasteiger partial charge in [0.15, 0.2) is 0 Å². The number of likely N-dealkylation sites (N-methyl/N-ethyl adjacent to an activating group) is 1. The molecule has 0 spiro atoms. The van der Waals surface area contributed by atoms with Gasteiger partial charge in [-0.05, 0) is 31.4 Å². The van der Waals surface area contributed by atoms with Gasteiger partial charge in [-0.15, -0.1) is 0 Å². The molecule has 2 aromatic rings. The Morgan fingerprint density at radius 2 is 2.28 bits per heavy atom. The van der Waals surface area contributed by atoms with Crippen molar-refractivity contribution in [2.75, 3.05) is 13.6 Å². The normalized spacial score (nSPS) is 17.3. The molecule has 1 amide bonds. The van der Waals surface area contributed by atoms with Gasteiger partial charge >= 0.3 is 0 Å². The van der Waals surface area contributed by atoms with Crippen molar-refractivity contribution in [1.82, 2.24) is 24.4 Å². The van der Waals surface area contributed by atoms with Crippen LogP contribution in [0.1, 0.15) is 30.1 Å². The van der Waals surface area contributed by atoms with Crippen molar-refractivity contribution in [3.8, 4) is 0 Å². The molecule has 2 heterocycles. The molecule has 0 bridgehead atoms. The average Bonchev–Trinajstić information content (AvgIpc) is 2.97. The van der Waals surface area contributed by atoms with Gasteiger partial charge in [0, 0.05) is 38.2 Å². The molecule has 25 heavy (non-hydrogen) atoms. The summed E-state index contributed by atoms with van der Waals surface area (Å²) in [5, 5.41) is 7.33. The van der Waals surface area contributed by atoms with E-state index in [2.05, 4.69) is 15.4 Å². The van der Waals surface area contributed by atoms with Crippen molar-refractivity contribution in [1.29, 1.82) is 0 Å². The lowest BCUT2D eigenvalue weighted by Crippen LogP contribution is -2.40. The van der Waals surface area contributed by atoms with Crippen LogP contribution in [0.4, 0.5) is 0 Å². The van der Waals surface area contributed by atoms with E-state index in [1.165, 1.54) is 25.5 Å². The predicted molar refractivity (Wildman–Crippen MR) is 91.1 cm³/mol. The number of hydrogen-bond donors (Lipinski definition) is 1. The Hall–Kier alpha value is -2.26. The molecule has 9 heteroatoms.